The number of carbonyl (C=O) groups is 2. The summed E-state index contributed by atoms with van der Waals surface area (Å²) in [4.78, 5) is 31.0. The Labute approximate surface area is 380 Å². The van der Waals surface area contributed by atoms with E-state index >= 15 is 0 Å². The van der Waals surface area contributed by atoms with Crippen molar-refractivity contribution in [3.05, 3.63) is 161 Å². The Hall–Kier alpha value is -5.52. The highest BCUT2D eigenvalue weighted by Gasteiger charge is 2.58. The van der Waals surface area contributed by atoms with Crippen LogP contribution in [0, 0.1) is 31.6 Å². The number of benzene rings is 5. The standard InChI is InChI=1S/C54H61BN2O6Si/c1-7-17-38(32-39-30-36(2)51(58)37(3)31-39)24-29-48-49-40(35-62-64(54(4,5)6,44-20-13-9-14-21-44)45-22-15-10-16-23-45)33-46-50(47(49)34-55(61)63-48)53(60)57(52(46)59)43-27-25-42(26-28-43)56-41-18-11-8-12-19-41/h8-16,18-23,25-28,30-32,46-48,50,56,58,61H,7,17,24,29,33-35H2,1-6H3/b38-32+/t46-,47+,48-,50-/m1/s1. The Balaban J connectivity index is 1.18. The van der Waals surface area contributed by atoms with E-state index in [1.165, 1.54) is 10.5 Å². The Morgan fingerprint density at radius 1 is 0.828 bits per heavy atom. The molecule has 5 aromatic carbocycles. The first-order valence-electron chi connectivity index (χ1n) is 22.9. The van der Waals surface area contributed by atoms with Crippen LogP contribution in [-0.4, -0.2) is 50.1 Å². The summed E-state index contributed by atoms with van der Waals surface area (Å²) in [7, 11) is -4.11. The number of aromatic hydroxyl groups is 1. The van der Waals surface area contributed by atoms with Crippen LogP contribution in [0.4, 0.5) is 17.1 Å². The third-order valence-corrected chi connectivity index (χ3v) is 18.5. The molecule has 2 heterocycles. The molecule has 0 spiro atoms. The molecule has 0 aromatic heterocycles. The molecule has 2 fully saturated rings. The van der Waals surface area contributed by atoms with Crippen LogP contribution in [0.3, 0.4) is 0 Å². The molecule has 1 aliphatic carbocycles. The maximum Gasteiger partial charge on any atom is 0.455 e. The number of carbonyl (C=O) groups excluding carboxylic acids is 2. The van der Waals surface area contributed by atoms with E-state index in [0.29, 0.717) is 30.7 Å². The zero-order valence-corrected chi connectivity index (χ0v) is 39.0. The van der Waals surface area contributed by atoms with Gasteiger partial charge in [0.2, 0.25) is 11.8 Å². The summed E-state index contributed by atoms with van der Waals surface area (Å²) in [6, 6.07) is 42.5. The minimum absolute atomic E-state index is 0.215. The number of hydrogen-bond acceptors (Lipinski definition) is 7. The molecule has 10 heteroatoms. The van der Waals surface area contributed by atoms with Crippen molar-refractivity contribution in [1.29, 1.82) is 0 Å². The molecule has 3 N–H and O–H groups in total. The smallest absolute Gasteiger partial charge is 0.455 e. The number of rotatable bonds is 14. The third-order valence-electron chi connectivity index (χ3n) is 13.6. The predicted molar refractivity (Wildman–Crippen MR) is 262 cm³/mol. The molecule has 330 valence electrons. The number of nitrogens with one attached hydrogen (secondary N) is 1. The number of anilines is 3. The van der Waals surface area contributed by atoms with Gasteiger partial charge in [-0.1, -0.05) is 125 Å². The van der Waals surface area contributed by atoms with Gasteiger partial charge in [0.05, 0.1) is 30.2 Å². The van der Waals surface area contributed by atoms with Crippen molar-refractivity contribution >= 4 is 60.8 Å². The summed E-state index contributed by atoms with van der Waals surface area (Å²) in [5.41, 5.74) is 8.27. The van der Waals surface area contributed by atoms with Gasteiger partial charge in [0.15, 0.2) is 0 Å². The van der Waals surface area contributed by atoms with Crippen LogP contribution in [-0.2, 0) is 18.7 Å². The van der Waals surface area contributed by atoms with Gasteiger partial charge < -0.3 is 24.5 Å². The van der Waals surface area contributed by atoms with E-state index in [1.807, 2.05) is 92.7 Å². The van der Waals surface area contributed by atoms with Gasteiger partial charge in [-0.15, -0.1) is 0 Å². The highest BCUT2D eigenvalue weighted by molar-refractivity contribution is 6.99. The van der Waals surface area contributed by atoms with Crippen LogP contribution < -0.4 is 20.6 Å². The number of amides is 2. The number of fused-ring (bicyclic) bond motifs is 3. The maximum atomic E-state index is 14.8. The molecule has 5 aromatic rings. The lowest BCUT2D eigenvalue weighted by Gasteiger charge is -2.46. The molecule has 0 bridgehead atoms. The molecule has 0 radical (unpaired) electrons. The lowest BCUT2D eigenvalue weighted by Crippen LogP contribution is -2.66. The second kappa shape index (κ2) is 18.9. The molecule has 2 aliphatic heterocycles. The van der Waals surface area contributed by atoms with Crippen molar-refractivity contribution < 1.29 is 28.8 Å². The molecule has 8 rings (SSSR count). The molecular formula is C54H61BN2O6Si. The Kier molecular flexibility index (Phi) is 13.3. The van der Waals surface area contributed by atoms with Gasteiger partial charge in [-0.05, 0) is 144 Å². The number of imide groups is 1. The van der Waals surface area contributed by atoms with Crippen molar-refractivity contribution in [2.45, 2.75) is 91.1 Å². The van der Waals surface area contributed by atoms with E-state index in [0.717, 1.165) is 62.4 Å². The van der Waals surface area contributed by atoms with Crippen LogP contribution in [0.1, 0.15) is 76.5 Å². The summed E-state index contributed by atoms with van der Waals surface area (Å²) in [6.07, 6.45) is 5.44. The Morgan fingerprint density at radius 3 is 1.98 bits per heavy atom. The van der Waals surface area contributed by atoms with Crippen molar-refractivity contribution in [3.63, 3.8) is 0 Å². The molecule has 3 aliphatic rings. The maximum absolute atomic E-state index is 14.8. The summed E-state index contributed by atoms with van der Waals surface area (Å²) in [5, 5.41) is 27.5. The number of aryl methyl sites for hydroxylation is 2. The van der Waals surface area contributed by atoms with Gasteiger partial charge in [0.25, 0.3) is 8.32 Å². The third kappa shape index (κ3) is 8.94. The summed E-state index contributed by atoms with van der Waals surface area (Å²) >= 11 is 0. The van der Waals surface area contributed by atoms with Crippen LogP contribution in [0.2, 0.25) is 11.4 Å². The van der Waals surface area contributed by atoms with E-state index in [1.54, 1.807) is 0 Å². The lowest BCUT2D eigenvalue weighted by molar-refractivity contribution is -0.122. The average molecular weight is 873 g/mol. The minimum Gasteiger partial charge on any atom is -0.507 e. The van der Waals surface area contributed by atoms with Gasteiger partial charge in [0.1, 0.15) is 5.75 Å². The van der Waals surface area contributed by atoms with Gasteiger partial charge >= 0.3 is 7.12 Å². The van der Waals surface area contributed by atoms with E-state index in [9.17, 15) is 19.7 Å². The lowest BCUT2D eigenvalue weighted by atomic mass is 9.58. The molecule has 2 saturated heterocycles. The average Bonchev–Trinajstić information content (AvgIpc) is 3.53. The largest absolute Gasteiger partial charge is 0.507 e. The summed E-state index contributed by atoms with van der Waals surface area (Å²) in [6.45, 7) is 13.1. The Bertz CT molecular complexity index is 2460. The van der Waals surface area contributed by atoms with Crippen molar-refractivity contribution in [2.24, 2.45) is 17.8 Å². The molecular weight excluding hydrogens is 811 g/mol. The zero-order chi connectivity index (χ0) is 45.2. The fraction of sp³-hybridized carbons (Fsp3) is 0.333. The van der Waals surface area contributed by atoms with Gasteiger partial charge in [-0.3, -0.25) is 14.5 Å². The second-order valence-electron chi connectivity index (χ2n) is 18.9. The molecule has 0 saturated carbocycles. The van der Waals surface area contributed by atoms with Crippen LogP contribution in [0.15, 0.2) is 144 Å². The highest BCUT2D eigenvalue weighted by Crippen LogP contribution is 2.52. The van der Waals surface area contributed by atoms with Gasteiger partial charge in [-0.25, -0.2) is 0 Å². The summed E-state index contributed by atoms with van der Waals surface area (Å²) in [5.74, 6) is -1.79. The number of allylic oxidation sites excluding steroid dienone is 1. The quantitative estimate of drug-likeness (QED) is 0.0579. The molecule has 2 amide bonds. The van der Waals surface area contributed by atoms with Gasteiger partial charge in [-0.2, -0.15) is 0 Å². The van der Waals surface area contributed by atoms with E-state index < -0.39 is 39.3 Å². The second-order valence-corrected chi connectivity index (χ2v) is 23.2. The van der Waals surface area contributed by atoms with E-state index in [4.69, 9.17) is 9.08 Å². The van der Waals surface area contributed by atoms with E-state index in [-0.39, 0.29) is 29.8 Å². The van der Waals surface area contributed by atoms with Crippen molar-refractivity contribution in [3.8, 4) is 5.75 Å². The van der Waals surface area contributed by atoms with E-state index in [2.05, 4.69) is 87.6 Å². The van der Waals surface area contributed by atoms with Crippen molar-refractivity contribution in [1.82, 2.24) is 0 Å². The first kappa shape index (κ1) is 45.1. The molecule has 8 nitrogen and oxygen atoms in total. The topological polar surface area (TPSA) is 108 Å². The van der Waals surface area contributed by atoms with Crippen molar-refractivity contribution in [2.75, 3.05) is 16.8 Å². The SMILES string of the molecule is CCC/C(=C\c1cc(C)c(O)c(C)c1)CC[C@H]1OB(O)C[C@H]2C1=C(CO[Si](c1ccccc1)(c1ccccc1)C(C)(C)C)C[C@H]1C(=O)N(c3ccc(Nc4ccccc4)cc3)C(=O)[C@H]12. The van der Waals surface area contributed by atoms with Gasteiger partial charge in [0, 0.05) is 11.4 Å². The number of hydrogen-bond donors (Lipinski definition) is 3. The zero-order valence-electron chi connectivity index (χ0n) is 38.0. The summed E-state index contributed by atoms with van der Waals surface area (Å²) < 4.78 is 14.2. The fourth-order valence-electron chi connectivity index (χ4n) is 10.7. The highest BCUT2D eigenvalue weighted by atomic mass is 28.4. The van der Waals surface area contributed by atoms with Crippen LogP contribution in [0.5, 0.6) is 5.75 Å². The predicted octanol–water partition coefficient (Wildman–Crippen LogP) is 10.3. The number of phenolic OH excluding ortho intramolecular Hbond substituents is 1. The number of nitrogens with zero attached hydrogens (tertiary/aromatic N) is 1. The molecule has 64 heavy (non-hydrogen) atoms. The first-order chi connectivity index (χ1) is 30.8. The van der Waals surface area contributed by atoms with Crippen LogP contribution >= 0.6 is 0 Å². The normalized spacial score (nSPS) is 20.4. The molecule has 0 unspecified atom stereocenters. The minimum atomic E-state index is -3.01. The first-order valence-corrected chi connectivity index (χ1v) is 24.8. The molecule has 4 atom stereocenters. The monoisotopic (exact) mass is 872 g/mol. The number of phenols is 1. The number of para-hydroxylation sites is 1. The fourth-order valence-corrected chi connectivity index (χ4v) is 15.3. The van der Waals surface area contributed by atoms with Crippen LogP contribution in [0.25, 0.3) is 6.08 Å². The Morgan fingerprint density at radius 2 is 1.41 bits per heavy atom.